The molecular formula is C17H22N2O3S. The number of carbonyl (C=O) groups excluding carboxylic acids is 1. The maximum atomic E-state index is 11.0. The van der Waals surface area contributed by atoms with E-state index in [9.17, 15) is 4.79 Å². The molecule has 0 fully saturated rings. The van der Waals surface area contributed by atoms with Gasteiger partial charge in [-0.25, -0.2) is 0 Å². The Balaban J connectivity index is 1.79. The first-order chi connectivity index (χ1) is 11.2. The lowest BCUT2D eigenvalue weighted by Crippen LogP contribution is -2.25. The smallest absolute Gasteiger partial charge is 0.229 e. The van der Waals surface area contributed by atoms with Crippen LogP contribution in [0.4, 0.5) is 0 Å². The Morgan fingerprint density at radius 3 is 2.91 bits per heavy atom. The van der Waals surface area contributed by atoms with Crippen molar-refractivity contribution in [2.24, 2.45) is 0 Å². The number of nitrogens with zero attached hydrogens (tertiary/aromatic N) is 1. The van der Waals surface area contributed by atoms with Crippen LogP contribution < -0.4 is 14.8 Å². The molecule has 2 aromatic rings. The Kier molecular flexibility index (Phi) is 7.00. The second kappa shape index (κ2) is 9.25. The van der Waals surface area contributed by atoms with E-state index in [1.807, 2.05) is 24.3 Å². The summed E-state index contributed by atoms with van der Waals surface area (Å²) in [5.74, 6) is 1.63. The van der Waals surface area contributed by atoms with Crippen LogP contribution >= 0.6 is 12.6 Å². The van der Waals surface area contributed by atoms with Crippen LogP contribution in [0.5, 0.6) is 11.5 Å². The maximum absolute atomic E-state index is 11.0. The SMILES string of the molecule is COc1cc2cccnc2cc1OCCCCCNC(=O)CS. The Morgan fingerprint density at radius 2 is 2.13 bits per heavy atom. The summed E-state index contributed by atoms with van der Waals surface area (Å²) >= 11 is 3.91. The number of amides is 1. The molecule has 5 nitrogen and oxygen atoms in total. The quantitative estimate of drug-likeness (QED) is 0.547. The highest BCUT2D eigenvalue weighted by atomic mass is 32.1. The highest BCUT2D eigenvalue weighted by Gasteiger charge is 2.07. The third-order valence-corrected chi connectivity index (χ3v) is 3.72. The number of carbonyl (C=O) groups is 1. The number of thiol groups is 1. The van der Waals surface area contributed by atoms with Crippen LogP contribution in [0, 0.1) is 0 Å². The molecule has 0 bridgehead atoms. The number of ether oxygens (including phenoxy) is 2. The molecule has 1 heterocycles. The van der Waals surface area contributed by atoms with Gasteiger partial charge in [0, 0.05) is 24.2 Å². The third kappa shape index (κ3) is 5.32. The molecule has 0 spiro atoms. The number of methoxy groups -OCH3 is 1. The van der Waals surface area contributed by atoms with Crippen molar-refractivity contribution in [1.29, 1.82) is 0 Å². The number of rotatable bonds is 9. The number of hydrogen-bond donors (Lipinski definition) is 2. The van der Waals surface area contributed by atoms with Crippen LogP contribution in [-0.2, 0) is 4.79 Å². The predicted molar refractivity (Wildman–Crippen MR) is 94.5 cm³/mol. The van der Waals surface area contributed by atoms with E-state index in [1.165, 1.54) is 0 Å². The molecule has 23 heavy (non-hydrogen) atoms. The fraction of sp³-hybridized carbons (Fsp3) is 0.412. The third-order valence-electron chi connectivity index (χ3n) is 3.43. The zero-order valence-corrected chi connectivity index (χ0v) is 14.1. The van der Waals surface area contributed by atoms with E-state index in [0.717, 1.165) is 30.2 Å². The standard InChI is InChI=1S/C17H22N2O3S/c1-21-15-10-13-6-5-8-18-14(13)11-16(15)22-9-4-2-3-7-19-17(20)12-23/h5-6,8,10-11,23H,2-4,7,9,12H2,1H3,(H,19,20). The summed E-state index contributed by atoms with van der Waals surface area (Å²) in [6.07, 6.45) is 4.60. The second-order valence-corrected chi connectivity index (χ2v) is 5.43. The summed E-state index contributed by atoms with van der Waals surface area (Å²) in [4.78, 5) is 15.4. The average molecular weight is 334 g/mol. The minimum absolute atomic E-state index is 0.0296. The topological polar surface area (TPSA) is 60.5 Å². The highest BCUT2D eigenvalue weighted by molar-refractivity contribution is 7.81. The lowest BCUT2D eigenvalue weighted by molar-refractivity contribution is -0.118. The zero-order chi connectivity index (χ0) is 16.5. The van der Waals surface area contributed by atoms with Gasteiger partial charge < -0.3 is 14.8 Å². The first-order valence-electron chi connectivity index (χ1n) is 7.67. The van der Waals surface area contributed by atoms with Crippen molar-refractivity contribution in [3.63, 3.8) is 0 Å². The number of fused-ring (bicyclic) bond motifs is 1. The Labute approximate surface area is 141 Å². The molecule has 0 unspecified atom stereocenters. The van der Waals surface area contributed by atoms with Crippen LogP contribution in [-0.4, -0.2) is 36.9 Å². The fourth-order valence-corrected chi connectivity index (χ4v) is 2.33. The molecule has 124 valence electrons. The van der Waals surface area contributed by atoms with Crippen LogP contribution in [0.15, 0.2) is 30.5 Å². The van der Waals surface area contributed by atoms with E-state index in [4.69, 9.17) is 9.47 Å². The summed E-state index contributed by atoms with van der Waals surface area (Å²) in [6.45, 7) is 1.29. The second-order valence-electron chi connectivity index (χ2n) is 5.12. The average Bonchev–Trinajstić information content (AvgIpc) is 2.59. The highest BCUT2D eigenvalue weighted by Crippen LogP contribution is 2.31. The molecule has 0 radical (unpaired) electrons. The lowest BCUT2D eigenvalue weighted by atomic mass is 10.2. The molecule has 0 saturated carbocycles. The first-order valence-corrected chi connectivity index (χ1v) is 8.31. The van der Waals surface area contributed by atoms with Crippen LogP contribution in [0.2, 0.25) is 0 Å². The molecule has 6 heteroatoms. The summed E-state index contributed by atoms with van der Waals surface area (Å²) in [6, 6.07) is 7.73. The first kappa shape index (κ1) is 17.4. The molecule has 0 atom stereocenters. The largest absolute Gasteiger partial charge is 0.493 e. The number of hydrogen-bond acceptors (Lipinski definition) is 5. The van der Waals surface area contributed by atoms with Crippen molar-refractivity contribution in [3.8, 4) is 11.5 Å². The number of pyridine rings is 1. The Hall–Kier alpha value is -1.95. The van der Waals surface area contributed by atoms with Gasteiger partial charge in [-0.1, -0.05) is 6.07 Å². The molecular weight excluding hydrogens is 312 g/mol. The van der Waals surface area contributed by atoms with Crippen LogP contribution in [0.3, 0.4) is 0 Å². The molecule has 1 aromatic carbocycles. The van der Waals surface area contributed by atoms with Crippen molar-refractivity contribution < 1.29 is 14.3 Å². The van der Waals surface area contributed by atoms with Crippen molar-refractivity contribution in [2.45, 2.75) is 19.3 Å². The van der Waals surface area contributed by atoms with E-state index in [2.05, 4.69) is 22.9 Å². The van der Waals surface area contributed by atoms with Gasteiger partial charge in [-0.2, -0.15) is 12.6 Å². The van der Waals surface area contributed by atoms with Gasteiger partial charge in [0.1, 0.15) is 0 Å². The van der Waals surface area contributed by atoms with Gasteiger partial charge in [-0.05, 0) is 31.4 Å². The van der Waals surface area contributed by atoms with Crippen molar-refractivity contribution in [3.05, 3.63) is 30.5 Å². The van der Waals surface area contributed by atoms with E-state index in [0.29, 0.717) is 24.7 Å². The minimum atomic E-state index is -0.0296. The van der Waals surface area contributed by atoms with Crippen LogP contribution in [0.1, 0.15) is 19.3 Å². The monoisotopic (exact) mass is 334 g/mol. The van der Waals surface area contributed by atoms with Gasteiger partial charge in [0.15, 0.2) is 11.5 Å². The molecule has 0 saturated heterocycles. The van der Waals surface area contributed by atoms with Gasteiger partial charge in [0.05, 0.1) is 25.0 Å². The molecule has 1 N–H and O–H groups in total. The van der Waals surface area contributed by atoms with Crippen LogP contribution in [0.25, 0.3) is 10.9 Å². The fourth-order valence-electron chi connectivity index (χ4n) is 2.22. The maximum Gasteiger partial charge on any atom is 0.229 e. The van der Waals surface area contributed by atoms with Crippen molar-refractivity contribution >= 4 is 29.4 Å². The number of aromatic nitrogens is 1. The van der Waals surface area contributed by atoms with E-state index in [-0.39, 0.29) is 11.7 Å². The molecule has 1 amide bonds. The van der Waals surface area contributed by atoms with E-state index >= 15 is 0 Å². The lowest BCUT2D eigenvalue weighted by Gasteiger charge is -2.11. The molecule has 0 aliphatic carbocycles. The summed E-state index contributed by atoms with van der Waals surface area (Å²) in [7, 11) is 1.63. The zero-order valence-electron chi connectivity index (χ0n) is 13.2. The van der Waals surface area contributed by atoms with E-state index < -0.39 is 0 Å². The summed E-state index contributed by atoms with van der Waals surface area (Å²) in [5, 5.41) is 3.82. The van der Waals surface area contributed by atoms with Gasteiger partial charge in [0.25, 0.3) is 0 Å². The predicted octanol–water partition coefficient (Wildman–Crippen LogP) is 2.84. The summed E-state index contributed by atoms with van der Waals surface area (Å²) < 4.78 is 11.2. The van der Waals surface area contributed by atoms with Crippen molar-refractivity contribution in [2.75, 3.05) is 26.0 Å². The minimum Gasteiger partial charge on any atom is -0.493 e. The van der Waals surface area contributed by atoms with Crippen molar-refractivity contribution in [1.82, 2.24) is 10.3 Å². The molecule has 1 aromatic heterocycles. The van der Waals surface area contributed by atoms with Gasteiger partial charge >= 0.3 is 0 Å². The molecule has 0 aliphatic heterocycles. The molecule has 0 aliphatic rings. The number of benzene rings is 1. The number of unbranched alkanes of at least 4 members (excludes halogenated alkanes) is 2. The summed E-state index contributed by atoms with van der Waals surface area (Å²) in [5.41, 5.74) is 0.887. The number of nitrogens with one attached hydrogen (secondary N) is 1. The van der Waals surface area contributed by atoms with Gasteiger partial charge in [-0.15, -0.1) is 0 Å². The Morgan fingerprint density at radius 1 is 1.26 bits per heavy atom. The normalized spacial score (nSPS) is 10.5. The molecule has 2 rings (SSSR count). The Bertz CT molecular complexity index is 649. The van der Waals surface area contributed by atoms with Gasteiger partial charge in [0.2, 0.25) is 5.91 Å². The van der Waals surface area contributed by atoms with E-state index in [1.54, 1.807) is 13.3 Å². The van der Waals surface area contributed by atoms with Gasteiger partial charge in [-0.3, -0.25) is 9.78 Å².